The maximum Gasteiger partial charge on any atom is 0.0702 e. The Morgan fingerprint density at radius 2 is 1.95 bits per heavy atom. The third kappa shape index (κ3) is 4.31. The van der Waals surface area contributed by atoms with E-state index in [0.29, 0.717) is 6.04 Å². The summed E-state index contributed by atoms with van der Waals surface area (Å²) in [7, 11) is 0. The van der Waals surface area contributed by atoms with Gasteiger partial charge in [0.15, 0.2) is 0 Å². The van der Waals surface area contributed by atoms with E-state index in [0.717, 1.165) is 18.5 Å². The molecule has 2 rings (SSSR count). The standard InChI is InChI=1S/C18H26N2/c1-3-7-17(19-12-4-2)11-10-15-13-16-8-5-6-9-18(16)20-14-15/h5-6,8-9,13-14,17,19H,3-4,7,10-12H2,1-2H3. The lowest BCUT2D eigenvalue weighted by molar-refractivity contribution is 0.449. The van der Waals surface area contributed by atoms with Crippen LogP contribution in [0, 0.1) is 0 Å². The molecular formula is C18H26N2. The van der Waals surface area contributed by atoms with Gasteiger partial charge in [-0.2, -0.15) is 0 Å². The number of rotatable bonds is 8. The van der Waals surface area contributed by atoms with Crippen molar-refractivity contribution in [2.24, 2.45) is 0 Å². The number of fused-ring (bicyclic) bond motifs is 1. The molecule has 0 aliphatic carbocycles. The summed E-state index contributed by atoms with van der Waals surface area (Å²) >= 11 is 0. The quantitative estimate of drug-likeness (QED) is 0.772. The number of hydrogen-bond acceptors (Lipinski definition) is 2. The van der Waals surface area contributed by atoms with E-state index in [4.69, 9.17) is 0 Å². The maximum atomic E-state index is 4.55. The zero-order chi connectivity index (χ0) is 14.2. The Labute approximate surface area is 122 Å². The molecular weight excluding hydrogens is 244 g/mol. The monoisotopic (exact) mass is 270 g/mol. The SMILES string of the molecule is CCCNC(CCC)CCc1cnc2ccccc2c1. The van der Waals surface area contributed by atoms with Crippen molar-refractivity contribution >= 4 is 10.9 Å². The summed E-state index contributed by atoms with van der Waals surface area (Å²) < 4.78 is 0. The summed E-state index contributed by atoms with van der Waals surface area (Å²) in [5, 5.41) is 4.91. The lowest BCUT2D eigenvalue weighted by Gasteiger charge is -2.17. The molecule has 1 N–H and O–H groups in total. The van der Waals surface area contributed by atoms with Gasteiger partial charge in [0, 0.05) is 17.6 Å². The number of nitrogens with zero attached hydrogens (tertiary/aromatic N) is 1. The Morgan fingerprint density at radius 1 is 1.10 bits per heavy atom. The van der Waals surface area contributed by atoms with Gasteiger partial charge in [0.2, 0.25) is 0 Å². The highest BCUT2D eigenvalue weighted by atomic mass is 14.9. The van der Waals surface area contributed by atoms with Crippen molar-refractivity contribution in [2.75, 3.05) is 6.54 Å². The molecule has 0 saturated heterocycles. The topological polar surface area (TPSA) is 24.9 Å². The van der Waals surface area contributed by atoms with Crippen molar-refractivity contribution in [3.8, 4) is 0 Å². The molecule has 1 heterocycles. The van der Waals surface area contributed by atoms with Gasteiger partial charge in [-0.15, -0.1) is 0 Å². The van der Waals surface area contributed by atoms with E-state index in [1.54, 1.807) is 0 Å². The first-order valence-electron chi connectivity index (χ1n) is 7.90. The minimum absolute atomic E-state index is 0.645. The number of aryl methyl sites for hydroxylation is 1. The molecule has 2 aromatic rings. The lowest BCUT2D eigenvalue weighted by Crippen LogP contribution is -2.30. The lowest BCUT2D eigenvalue weighted by atomic mass is 10.0. The molecule has 0 aliphatic heterocycles. The number of pyridine rings is 1. The van der Waals surface area contributed by atoms with Crippen LogP contribution in [0.1, 0.15) is 45.1 Å². The van der Waals surface area contributed by atoms with Gasteiger partial charge in [-0.05, 0) is 49.9 Å². The van der Waals surface area contributed by atoms with E-state index in [9.17, 15) is 0 Å². The van der Waals surface area contributed by atoms with Crippen LogP contribution >= 0.6 is 0 Å². The molecule has 0 aliphatic rings. The summed E-state index contributed by atoms with van der Waals surface area (Å²) in [6.45, 7) is 5.61. The van der Waals surface area contributed by atoms with Gasteiger partial charge in [-0.25, -0.2) is 0 Å². The predicted octanol–water partition coefficient (Wildman–Crippen LogP) is 4.34. The van der Waals surface area contributed by atoms with Crippen molar-refractivity contribution in [2.45, 2.75) is 52.0 Å². The van der Waals surface area contributed by atoms with Crippen LogP contribution in [0.3, 0.4) is 0 Å². The molecule has 1 aromatic heterocycles. The summed E-state index contributed by atoms with van der Waals surface area (Å²) in [6.07, 6.45) is 8.06. The van der Waals surface area contributed by atoms with Crippen LogP contribution in [0.4, 0.5) is 0 Å². The van der Waals surface area contributed by atoms with Crippen LogP contribution in [-0.2, 0) is 6.42 Å². The Bertz CT molecular complexity index is 522. The first kappa shape index (κ1) is 15.0. The molecule has 0 radical (unpaired) electrons. The van der Waals surface area contributed by atoms with Gasteiger partial charge >= 0.3 is 0 Å². The van der Waals surface area contributed by atoms with Crippen LogP contribution < -0.4 is 5.32 Å². The molecule has 20 heavy (non-hydrogen) atoms. The number of hydrogen-bond donors (Lipinski definition) is 1. The molecule has 1 atom stereocenters. The Balaban J connectivity index is 1.96. The largest absolute Gasteiger partial charge is 0.314 e. The van der Waals surface area contributed by atoms with Gasteiger partial charge in [-0.1, -0.05) is 38.5 Å². The fourth-order valence-electron chi connectivity index (χ4n) is 2.64. The molecule has 1 unspecified atom stereocenters. The predicted molar refractivity (Wildman–Crippen MR) is 87.1 cm³/mol. The Kier molecular flexibility index (Phi) is 6.00. The normalized spacial score (nSPS) is 12.7. The minimum atomic E-state index is 0.645. The van der Waals surface area contributed by atoms with Crippen LogP contribution in [-0.4, -0.2) is 17.6 Å². The summed E-state index contributed by atoms with van der Waals surface area (Å²) in [6, 6.07) is 11.3. The third-order valence-corrected chi connectivity index (χ3v) is 3.75. The number of aromatic nitrogens is 1. The van der Waals surface area contributed by atoms with Crippen molar-refractivity contribution in [1.82, 2.24) is 10.3 Å². The van der Waals surface area contributed by atoms with Crippen LogP contribution in [0.5, 0.6) is 0 Å². The van der Waals surface area contributed by atoms with Crippen LogP contribution in [0.25, 0.3) is 10.9 Å². The Morgan fingerprint density at radius 3 is 2.75 bits per heavy atom. The summed E-state index contributed by atoms with van der Waals surface area (Å²) in [5.74, 6) is 0. The van der Waals surface area contributed by atoms with Gasteiger partial charge in [0.25, 0.3) is 0 Å². The van der Waals surface area contributed by atoms with Crippen molar-refractivity contribution < 1.29 is 0 Å². The zero-order valence-corrected chi connectivity index (χ0v) is 12.7. The Hall–Kier alpha value is -1.41. The average Bonchev–Trinajstić information content (AvgIpc) is 2.50. The summed E-state index contributed by atoms with van der Waals surface area (Å²) in [5.41, 5.74) is 2.44. The van der Waals surface area contributed by atoms with Gasteiger partial charge in [0.1, 0.15) is 0 Å². The van der Waals surface area contributed by atoms with E-state index < -0.39 is 0 Å². The molecule has 1 aromatic carbocycles. The molecule has 2 heteroatoms. The molecule has 108 valence electrons. The molecule has 0 saturated carbocycles. The van der Waals surface area contributed by atoms with Crippen molar-refractivity contribution in [1.29, 1.82) is 0 Å². The molecule has 0 spiro atoms. The van der Waals surface area contributed by atoms with Crippen LogP contribution in [0.2, 0.25) is 0 Å². The van der Waals surface area contributed by atoms with Gasteiger partial charge in [0.05, 0.1) is 5.52 Å². The summed E-state index contributed by atoms with van der Waals surface area (Å²) in [4.78, 5) is 4.55. The number of benzene rings is 1. The van der Waals surface area contributed by atoms with Crippen molar-refractivity contribution in [3.63, 3.8) is 0 Å². The van der Waals surface area contributed by atoms with E-state index in [2.05, 4.69) is 48.4 Å². The number of nitrogens with one attached hydrogen (secondary N) is 1. The molecule has 2 nitrogen and oxygen atoms in total. The second-order valence-electron chi connectivity index (χ2n) is 5.51. The molecule has 0 bridgehead atoms. The fraction of sp³-hybridized carbons (Fsp3) is 0.500. The average molecular weight is 270 g/mol. The highest BCUT2D eigenvalue weighted by molar-refractivity contribution is 5.78. The fourth-order valence-corrected chi connectivity index (χ4v) is 2.64. The smallest absolute Gasteiger partial charge is 0.0702 e. The second-order valence-corrected chi connectivity index (χ2v) is 5.51. The second kappa shape index (κ2) is 8.01. The van der Waals surface area contributed by atoms with E-state index >= 15 is 0 Å². The highest BCUT2D eigenvalue weighted by Crippen LogP contribution is 2.15. The minimum Gasteiger partial charge on any atom is -0.314 e. The van der Waals surface area contributed by atoms with E-state index in [-0.39, 0.29) is 0 Å². The molecule has 0 amide bonds. The number of para-hydroxylation sites is 1. The molecule has 0 fully saturated rings. The van der Waals surface area contributed by atoms with Gasteiger partial charge in [-0.3, -0.25) is 4.98 Å². The zero-order valence-electron chi connectivity index (χ0n) is 12.7. The highest BCUT2D eigenvalue weighted by Gasteiger charge is 2.07. The van der Waals surface area contributed by atoms with E-state index in [1.165, 1.54) is 36.6 Å². The van der Waals surface area contributed by atoms with E-state index in [1.807, 2.05) is 12.3 Å². The first-order valence-corrected chi connectivity index (χ1v) is 7.90. The third-order valence-electron chi connectivity index (χ3n) is 3.75. The van der Waals surface area contributed by atoms with Gasteiger partial charge < -0.3 is 5.32 Å². The first-order chi connectivity index (χ1) is 9.83. The van der Waals surface area contributed by atoms with Crippen molar-refractivity contribution in [3.05, 3.63) is 42.1 Å². The van der Waals surface area contributed by atoms with Crippen LogP contribution in [0.15, 0.2) is 36.5 Å². The maximum absolute atomic E-state index is 4.55.